The highest BCUT2D eigenvalue weighted by molar-refractivity contribution is 5.57. The van der Waals surface area contributed by atoms with Gasteiger partial charge in [-0.1, -0.05) is 0 Å². The van der Waals surface area contributed by atoms with E-state index in [1.54, 1.807) is 0 Å². The fourth-order valence-electron chi connectivity index (χ4n) is 2.50. The Bertz CT molecular complexity index is 482. The van der Waals surface area contributed by atoms with Crippen LogP contribution >= 0.6 is 0 Å². The standard InChI is InChI=1S/C13H20N4O/c1-8-10(14)15-11(9-3-4-9)16-12(8)17-6-5-13(2,18)7-17/h9,18H,3-7H2,1-2H3,(H2,14,15,16). The van der Waals surface area contributed by atoms with Gasteiger partial charge in [0.15, 0.2) is 0 Å². The summed E-state index contributed by atoms with van der Waals surface area (Å²) in [7, 11) is 0. The second-order valence-corrected chi connectivity index (χ2v) is 5.86. The minimum absolute atomic E-state index is 0.495. The molecule has 5 nitrogen and oxygen atoms in total. The molecular weight excluding hydrogens is 228 g/mol. The van der Waals surface area contributed by atoms with Crippen molar-refractivity contribution in [2.24, 2.45) is 0 Å². The van der Waals surface area contributed by atoms with Crippen LogP contribution in [0.1, 0.15) is 43.5 Å². The Morgan fingerprint density at radius 1 is 1.39 bits per heavy atom. The molecule has 2 heterocycles. The quantitative estimate of drug-likeness (QED) is 0.822. The van der Waals surface area contributed by atoms with Gasteiger partial charge in [0.25, 0.3) is 0 Å². The van der Waals surface area contributed by atoms with E-state index in [1.807, 2.05) is 13.8 Å². The Morgan fingerprint density at radius 3 is 2.67 bits per heavy atom. The maximum Gasteiger partial charge on any atom is 0.137 e. The zero-order valence-corrected chi connectivity index (χ0v) is 11.0. The number of rotatable bonds is 2. The molecule has 1 aliphatic carbocycles. The SMILES string of the molecule is Cc1c(N)nc(C2CC2)nc1N1CCC(C)(O)C1. The van der Waals surface area contributed by atoms with Crippen molar-refractivity contribution in [1.82, 2.24) is 9.97 Å². The summed E-state index contributed by atoms with van der Waals surface area (Å²) >= 11 is 0. The molecule has 2 fully saturated rings. The van der Waals surface area contributed by atoms with E-state index in [4.69, 9.17) is 5.73 Å². The van der Waals surface area contributed by atoms with Gasteiger partial charge in [0, 0.05) is 24.6 Å². The van der Waals surface area contributed by atoms with Gasteiger partial charge in [0.2, 0.25) is 0 Å². The van der Waals surface area contributed by atoms with Crippen LogP contribution in [0, 0.1) is 6.92 Å². The maximum atomic E-state index is 10.1. The third-order valence-corrected chi connectivity index (χ3v) is 3.87. The number of aliphatic hydroxyl groups is 1. The number of anilines is 2. The van der Waals surface area contributed by atoms with Crippen LogP contribution in [-0.2, 0) is 0 Å². The summed E-state index contributed by atoms with van der Waals surface area (Å²) in [6, 6.07) is 0. The molecular formula is C13H20N4O. The van der Waals surface area contributed by atoms with Crippen LogP contribution in [-0.4, -0.2) is 33.8 Å². The van der Waals surface area contributed by atoms with Crippen LogP contribution < -0.4 is 10.6 Å². The molecule has 1 aliphatic heterocycles. The molecule has 3 rings (SSSR count). The molecule has 0 radical (unpaired) electrons. The van der Waals surface area contributed by atoms with E-state index in [1.165, 1.54) is 12.8 Å². The topological polar surface area (TPSA) is 75.3 Å². The van der Waals surface area contributed by atoms with Gasteiger partial charge in [0.1, 0.15) is 17.5 Å². The highest BCUT2D eigenvalue weighted by Gasteiger charge is 2.34. The van der Waals surface area contributed by atoms with Crippen molar-refractivity contribution in [3.63, 3.8) is 0 Å². The minimum atomic E-state index is -0.619. The molecule has 0 amide bonds. The summed E-state index contributed by atoms with van der Waals surface area (Å²) < 4.78 is 0. The summed E-state index contributed by atoms with van der Waals surface area (Å²) in [6.45, 7) is 5.27. The zero-order valence-electron chi connectivity index (χ0n) is 11.0. The largest absolute Gasteiger partial charge is 0.388 e. The van der Waals surface area contributed by atoms with Gasteiger partial charge >= 0.3 is 0 Å². The molecule has 1 aromatic rings. The molecule has 2 aliphatic rings. The Morgan fingerprint density at radius 2 is 2.11 bits per heavy atom. The van der Waals surface area contributed by atoms with Crippen molar-refractivity contribution in [3.05, 3.63) is 11.4 Å². The van der Waals surface area contributed by atoms with E-state index in [2.05, 4.69) is 14.9 Å². The van der Waals surface area contributed by atoms with Gasteiger partial charge in [0.05, 0.1) is 5.60 Å². The number of hydrogen-bond donors (Lipinski definition) is 2. The van der Waals surface area contributed by atoms with Crippen molar-refractivity contribution in [3.8, 4) is 0 Å². The molecule has 1 unspecified atom stereocenters. The summed E-state index contributed by atoms with van der Waals surface area (Å²) in [5.41, 5.74) is 6.29. The van der Waals surface area contributed by atoms with Crippen molar-refractivity contribution in [2.75, 3.05) is 23.7 Å². The molecule has 5 heteroatoms. The zero-order chi connectivity index (χ0) is 12.9. The second kappa shape index (κ2) is 3.82. The molecule has 1 saturated carbocycles. The minimum Gasteiger partial charge on any atom is -0.388 e. The Hall–Kier alpha value is -1.36. The summed E-state index contributed by atoms with van der Waals surface area (Å²) in [6.07, 6.45) is 3.11. The second-order valence-electron chi connectivity index (χ2n) is 5.86. The monoisotopic (exact) mass is 248 g/mol. The van der Waals surface area contributed by atoms with Gasteiger partial charge in [-0.2, -0.15) is 0 Å². The predicted octanol–water partition coefficient (Wildman–Crippen LogP) is 1.21. The van der Waals surface area contributed by atoms with E-state index in [9.17, 15) is 5.11 Å². The average molecular weight is 248 g/mol. The lowest BCUT2D eigenvalue weighted by molar-refractivity contribution is 0.0839. The number of aromatic nitrogens is 2. The van der Waals surface area contributed by atoms with E-state index in [-0.39, 0.29) is 0 Å². The van der Waals surface area contributed by atoms with Gasteiger partial charge in [-0.15, -0.1) is 0 Å². The lowest BCUT2D eigenvalue weighted by atomic mass is 10.1. The van der Waals surface area contributed by atoms with Crippen molar-refractivity contribution in [1.29, 1.82) is 0 Å². The number of nitrogen functional groups attached to an aromatic ring is 1. The van der Waals surface area contributed by atoms with Crippen molar-refractivity contribution < 1.29 is 5.11 Å². The molecule has 3 N–H and O–H groups in total. The Balaban J connectivity index is 1.95. The first-order chi connectivity index (χ1) is 8.46. The molecule has 98 valence electrons. The van der Waals surface area contributed by atoms with Crippen LogP contribution in [0.15, 0.2) is 0 Å². The summed E-state index contributed by atoms with van der Waals surface area (Å²) in [5, 5.41) is 10.1. The van der Waals surface area contributed by atoms with Gasteiger partial charge in [-0.3, -0.25) is 0 Å². The first-order valence-corrected chi connectivity index (χ1v) is 6.58. The Labute approximate surface area is 107 Å². The fourth-order valence-corrected chi connectivity index (χ4v) is 2.50. The highest BCUT2D eigenvalue weighted by Crippen LogP contribution is 2.40. The summed E-state index contributed by atoms with van der Waals surface area (Å²) in [4.78, 5) is 11.2. The molecule has 18 heavy (non-hydrogen) atoms. The van der Waals surface area contributed by atoms with E-state index in [0.717, 1.165) is 30.2 Å². The third-order valence-electron chi connectivity index (χ3n) is 3.87. The molecule has 1 atom stereocenters. The van der Waals surface area contributed by atoms with Crippen molar-refractivity contribution in [2.45, 2.75) is 44.6 Å². The molecule has 1 aromatic heterocycles. The van der Waals surface area contributed by atoms with Gasteiger partial charge < -0.3 is 15.7 Å². The number of β-amino-alcohol motifs (C(OH)–C–C–N with tert-alkyl or cyclic N) is 1. The number of nitrogens with zero attached hydrogens (tertiary/aromatic N) is 3. The van der Waals surface area contributed by atoms with Gasteiger partial charge in [-0.05, 0) is 33.1 Å². The average Bonchev–Trinajstić information content (AvgIpc) is 3.07. The van der Waals surface area contributed by atoms with Crippen LogP contribution in [0.2, 0.25) is 0 Å². The molecule has 0 bridgehead atoms. The first kappa shape index (κ1) is 11.7. The lowest BCUT2D eigenvalue weighted by Crippen LogP contribution is -2.30. The van der Waals surface area contributed by atoms with Crippen LogP contribution in [0.3, 0.4) is 0 Å². The van der Waals surface area contributed by atoms with E-state index < -0.39 is 5.60 Å². The maximum absolute atomic E-state index is 10.1. The number of hydrogen-bond acceptors (Lipinski definition) is 5. The highest BCUT2D eigenvalue weighted by atomic mass is 16.3. The van der Waals surface area contributed by atoms with Crippen molar-refractivity contribution >= 4 is 11.6 Å². The van der Waals surface area contributed by atoms with Gasteiger partial charge in [-0.25, -0.2) is 9.97 Å². The van der Waals surface area contributed by atoms with Crippen LogP contribution in [0.25, 0.3) is 0 Å². The predicted molar refractivity (Wildman–Crippen MR) is 70.6 cm³/mol. The third kappa shape index (κ3) is 2.03. The fraction of sp³-hybridized carbons (Fsp3) is 0.692. The normalized spacial score (nSPS) is 27.8. The first-order valence-electron chi connectivity index (χ1n) is 6.58. The molecule has 0 spiro atoms. The van der Waals surface area contributed by atoms with Crippen LogP contribution in [0.4, 0.5) is 11.6 Å². The summed E-state index contributed by atoms with van der Waals surface area (Å²) in [5.74, 6) is 2.85. The smallest absolute Gasteiger partial charge is 0.137 e. The number of nitrogens with two attached hydrogens (primary N) is 1. The molecule has 0 aromatic carbocycles. The van der Waals surface area contributed by atoms with E-state index in [0.29, 0.717) is 18.3 Å². The van der Waals surface area contributed by atoms with E-state index >= 15 is 0 Å². The Kier molecular flexibility index (Phi) is 2.48. The molecule has 1 saturated heterocycles. The lowest BCUT2D eigenvalue weighted by Gasteiger charge is -2.22. The van der Waals surface area contributed by atoms with Crippen LogP contribution in [0.5, 0.6) is 0 Å².